The van der Waals surface area contributed by atoms with Crippen LogP contribution in [0, 0.1) is 5.82 Å². The van der Waals surface area contributed by atoms with Crippen LogP contribution in [-0.4, -0.2) is 25.5 Å². The highest BCUT2D eigenvalue weighted by Crippen LogP contribution is 2.05. The summed E-state index contributed by atoms with van der Waals surface area (Å²) in [7, 11) is 1.69. The van der Waals surface area contributed by atoms with E-state index in [-0.39, 0.29) is 29.8 Å². The van der Waals surface area contributed by atoms with E-state index in [0.717, 1.165) is 17.5 Å². The first-order valence-corrected chi connectivity index (χ1v) is 7.66. The highest BCUT2D eigenvalue weighted by molar-refractivity contribution is 14.0. The van der Waals surface area contributed by atoms with Crippen molar-refractivity contribution in [3.8, 4) is 0 Å². The molecular formula is C18H22FIN4O. The highest BCUT2D eigenvalue weighted by atomic mass is 127. The summed E-state index contributed by atoms with van der Waals surface area (Å²) in [4.78, 5) is 15.3. The van der Waals surface area contributed by atoms with Crippen molar-refractivity contribution in [2.75, 3.05) is 13.6 Å². The number of hydrogen-bond donors (Lipinski definition) is 3. The number of aliphatic imine (C=N–C) groups is 1. The van der Waals surface area contributed by atoms with Crippen LogP contribution in [-0.2, 0) is 13.0 Å². The minimum Gasteiger partial charge on any atom is -0.366 e. The van der Waals surface area contributed by atoms with Gasteiger partial charge in [-0.25, -0.2) is 4.39 Å². The van der Waals surface area contributed by atoms with Gasteiger partial charge in [-0.2, -0.15) is 0 Å². The molecule has 0 fully saturated rings. The van der Waals surface area contributed by atoms with Crippen molar-refractivity contribution in [1.29, 1.82) is 0 Å². The van der Waals surface area contributed by atoms with Gasteiger partial charge >= 0.3 is 0 Å². The fourth-order valence-electron chi connectivity index (χ4n) is 2.22. The first-order valence-electron chi connectivity index (χ1n) is 7.66. The van der Waals surface area contributed by atoms with E-state index >= 15 is 0 Å². The summed E-state index contributed by atoms with van der Waals surface area (Å²) in [6, 6.07) is 13.6. The fraction of sp³-hybridized carbons (Fsp3) is 0.222. The van der Waals surface area contributed by atoms with E-state index in [2.05, 4.69) is 15.6 Å². The van der Waals surface area contributed by atoms with Gasteiger partial charge in [-0.05, 0) is 41.8 Å². The standard InChI is InChI=1S/C18H21FN4O.HI/c1-21-18(22-10-9-13-5-7-16(19)8-6-13)23-12-14-3-2-4-15(11-14)17(20)24;/h2-8,11H,9-10,12H2,1H3,(H2,20,24)(H2,21,22,23);1H. The molecule has 0 aliphatic carbocycles. The summed E-state index contributed by atoms with van der Waals surface area (Å²) in [5.41, 5.74) is 7.74. The van der Waals surface area contributed by atoms with Gasteiger partial charge in [-0.1, -0.05) is 24.3 Å². The summed E-state index contributed by atoms with van der Waals surface area (Å²) in [6.07, 6.45) is 0.762. The van der Waals surface area contributed by atoms with Crippen molar-refractivity contribution >= 4 is 35.8 Å². The highest BCUT2D eigenvalue weighted by Gasteiger charge is 2.03. The van der Waals surface area contributed by atoms with Crippen molar-refractivity contribution in [3.05, 3.63) is 71.0 Å². The number of carbonyl (C=O) groups is 1. The monoisotopic (exact) mass is 456 g/mol. The molecule has 2 aromatic rings. The second kappa shape index (κ2) is 10.7. The van der Waals surface area contributed by atoms with E-state index in [9.17, 15) is 9.18 Å². The number of halogens is 2. The zero-order valence-corrected chi connectivity index (χ0v) is 16.3. The van der Waals surface area contributed by atoms with Crippen LogP contribution >= 0.6 is 24.0 Å². The number of nitrogens with one attached hydrogen (secondary N) is 2. The minimum absolute atomic E-state index is 0. The minimum atomic E-state index is -0.446. The lowest BCUT2D eigenvalue weighted by atomic mass is 10.1. The Morgan fingerprint density at radius 3 is 2.48 bits per heavy atom. The number of benzene rings is 2. The van der Waals surface area contributed by atoms with E-state index in [0.29, 0.717) is 24.6 Å². The molecule has 25 heavy (non-hydrogen) atoms. The van der Waals surface area contributed by atoms with E-state index in [1.165, 1.54) is 12.1 Å². The zero-order valence-electron chi connectivity index (χ0n) is 14.0. The van der Waals surface area contributed by atoms with Crippen molar-refractivity contribution in [1.82, 2.24) is 10.6 Å². The van der Waals surface area contributed by atoms with Gasteiger partial charge < -0.3 is 16.4 Å². The third-order valence-electron chi connectivity index (χ3n) is 3.51. The van der Waals surface area contributed by atoms with Crippen LogP contribution in [0.3, 0.4) is 0 Å². The molecule has 0 unspecified atom stereocenters. The fourth-order valence-corrected chi connectivity index (χ4v) is 2.22. The number of hydrogen-bond acceptors (Lipinski definition) is 2. The Bertz CT molecular complexity index is 719. The molecule has 7 heteroatoms. The molecule has 1 amide bonds. The van der Waals surface area contributed by atoms with Gasteiger partial charge in [0.1, 0.15) is 5.82 Å². The lowest BCUT2D eigenvalue weighted by molar-refractivity contribution is 0.1000. The van der Waals surface area contributed by atoms with Gasteiger partial charge in [-0.15, -0.1) is 24.0 Å². The van der Waals surface area contributed by atoms with Crippen LogP contribution in [0.25, 0.3) is 0 Å². The molecule has 0 heterocycles. The molecule has 0 saturated heterocycles. The summed E-state index contributed by atoms with van der Waals surface area (Å²) in [5.74, 6) is -0.0254. The molecule has 4 N–H and O–H groups in total. The van der Waals surface area contributed by atoms with Gasteiger partial charge in [0, 0.05) is 25.7 Å². The van der Waals surface area contributed by atoms with Crippen molar-refractivity contribution in [2.24, 2.45) is 10.7 Å². The summed E-state index contributed by atoms with van der Waals surface area (Å²) < 4.78 is 12.9. The van der Waals surface area contributed by atoms with Crippen LogP contribution in [0.1, 0.15) is 21.5 Å². The molecule has 0 aromatic heterocycles. The van der Waals surface area contributed by atoms with E-state index < -0.39 is 5.91 Å². The Labute approximate surface area is 163 Å². The third-order valence-corrected chi connectivity index (χ3v) is 3.51. The quantitative estimate of drug-likeness (QED) is 0.355. The smallest absolute Gasteiger partial charge is 0.248 e. The van der Waals surface area contributed by atoms with Gasteiger partial charge in [0.05, 0.1) is 0 Å². The first-order chi connectivity index (χ1) is 11.6. The number of primary amides is 1. The van der Waals surface area contributed by atoms with Crippen molar-refractivity contribution in [2.45, 2.75) is 13.0 Å². The SMILES string of the molecule is CN=C(NCCc1ccc(F)cc1)NCc1cccc(C(N)=O)c1.I. The number of guanidine groups is 1. The number of rotatable bonds is 6. The Morgan fingerprint density at radius 2 is 1.84 bits per heavy atom. The van der Waals surface area contributed by atoms with Crippen LogP contribution in [0.2, 0.25) is 0 Å². The summed E-state index contributed by atoms with van der Waals surface area (Å²) in [5, 5.41) is 6.37. The molecule has 0 aliphatic rings. The zero-order chi connectivity index (χ0) is 17.4. The maximum absolute atomic E-state index is 12.9. The second-order valence-electron chi connectivity index (χ2n) is 5.29. The maximum Gasteiger partial charge on any atom is 0.248 e. The van der Waals surface area contributed by atoms with Crippen LogP contribution in [0.5, 0.6) is 0 Å². The lowest BCUT2D eigenvalue weighted by Gasteiger charge is -2.12. The molecule has 0 spiro atoms. The molecule has 5 nitrogen and oxygen atoms in total. The predicted molar refractivity (Wildman–Crippen MR) is 109 cm³/mol. The molecule has 0 atom stereocenters. The van der Waals surface area contributed by atoms with Gasteiger partial charge in [0.25, 0.3) is 0 Å². The third kappa shape index (κ3) is 7.08. The molecule has 0 bridgehead atoms. The number of nitrogens with zero attached hydrogens (tertiary/aromatic N) is 1. The summed E-state index contributed by atoms with van der Waals surface area (Å²) >= 11 is 0. The van der Waals surface area contributed by atoms with Crippen molar-refractivity contribution in [3.63, 3.8) is 0 Å². The van der Waals surface area contributed by atoms with Crippen LogP contribution < -0.4 is 16.4 Å². The molecule has 2 rings (SSSR count). The van der Waals surface area contributed by atoms with E-state index in [1.807, 2.05) is 6.07 Å². The molecule has 0 aliphatic heterocycles. The number of amides is 1. The average molecular weight is 456 g/mol. The number of nitrogens with two attached hydrogens (primary N) is 1. The second-order valence-corrected chi connectivity index (χ2v) is 5.29. The van der Waals surface area contributed by atoms with Gasteiger partial charge in [0.2, 0.25) is 5.91 Å². The topological polar surface area (TPSA) is 79.5 Å². The van der Waals surface area contributed by atoms with Crippen molar-refractivity contribution < 1.29 is 9.18 Å². The Morgan fingerprint density at radius 1 is 1.12 bits per heavy atom. The van der Waals surface area contributed by atoms with E-state index in [1.54, 1.807) is 37.4 Å². The maximum atomic E-state index is 12.9. The Balaban J connectivity index is 0.00000312. The molecule has 0 radical (unpaired) electrons. The van der Waals surface area contributed by atoms with Gasteiger partial charge in [0.15, 0.2) is 5.96 Å². The summed E-state index contributed by atoms with van der Waals surface area (Å²) in [6.45, 7) is 1.20. The number of carbonyl (C=O) groups excluding carboxylic acids is 1. The Kier molecular flexibility index (Phi) is 8.90. The predicted octanol–water partition coefficient (Wildman–Crippen LogP) is 2.45. The Hall–Kier alpha value is -2.16. The largest absolute Gasteiger partial charge is 0.366 e. The molecular weight excluding hydrogens is 434 g/mol. The van der Waals surface area contributed by atoms with Crippen LogP contribution in [0.15, 0.2) is 53.5 Å². The van der Waals surface area contributed by atoms with E-state index in [4.69, 9.17) is 5.73 Å². The molecule has 0 saturated carbocycles. The van der Waals surface area contributed by atoms with Gasteiger partial charge in [-0.3, -0.25) is 9.79 Å². The van der Waals surface area contributed by atoms with Crippen LogP contribution in [0.4, 0.5) is 4.39 Å². The average Bonchev–Trinajstić information content (AvgIpc) is 2.59. The molecule has 134 valence electrons. The first kappa shape index (κ1) is 20.9. The lowest BCUT2D eigenvalue weighted by Crippen LogP contribution is -2.37. The normalized spacial score (nSPS) is 10.7. The molecule has 2 aromatic carbocycles.